The molecule has 30 heavy (non-hydrogen) atoms. The Morgan fingerprint density at radius 2 is 1.80 bits per heavy atom. The third kappa shape index (κ3) is 4.51. The van der Waals surface area contributed by atoms with Crippen molar-refractivity contribution < 1.29 is 9.53 Å². The second kappa shape index (κ2) is 8.41. The van der Waals surface area contributed by atoms with Crippen LogP contribution in [-0.4, -0.2) is 36.1 Å². The van der Waals surface area contributed by atoms with Crippen molar-refractivity contribution in [1.29, 1.82) is 0 Å². The molecule has 2 heterocycles. The molecule has 0 radical (unpaired) electrons. The van der Waals surface area contributed by atoms with Gasteiger partial charge in [-0.3, -0.25) is 4.79 Å². The average Bonchev–Trinajstić information content (AvgIpc) is 2.74. The summed E-state index contributed by atoms with van der Waals surface area (Å²) < 4.78 is 5.87. The highest BCUT2D eigenvalue weighted by molar-refractivity contribution is 5.94. The maximum Gasteiger partial charge on any atom is 0.265 e. The van der Waals surface area contributed by atoms with Gasteiger partial charge in [0.05, 0.1) is 0 Å². The Kier molecular flexibility index (Phi) is 5.52. The number of anilines is 4. The van der Waals surface area contributed by atoms with Gasteiger partial charge < -0.3 is 20.3 Å². The third-order valence-electron chi connectivity index (χ3n) is 4.92. The van der Waals surface area contributed by atoms with Gasteiger partial charge in [-0.1, -0.05) is 18.2 Å². The minimum atomic E-state index is -0.480. The molecule has 1 aromatic heterocycles. The van der Waals surface area contributed by atoms with E-state index in [1.54, 1.807) is 0 Å². The second-order valence-electron chi connectivity index (χ2n) is 7.50. The standard InChI is InChI=1S/C23H25N5O2/c1-15-24-21(14-22(25-15)28(2)3)26-17-9-11-18(12-10-17)27-23(29)20-13-8-16-6-4-5-7-19(16)30-20/h4-7,9-12,14,20H,8,13H2,1-3H3,(H,27,29)(H,24,25,26). The number of aromatic nitrogens is 2. The molecule has 0 spiro atoms. The number of aryl methyl sites for hydroxylation is 2. The first-order chi connectivity index (χ1) is 14.5. The van der Waals surface area contributed by atoms with Gasteiger partial charge in [-0.05, 0) is 55.7 Å². The van der Waals surface area contributed by atoms with Crippen LogP contribution in [0.15, 0.2) is 54.6 Å². The van der Waals surface area contributed by atoms with Crippen LogP contribution in [0.5, 0.6) is 5.75 Å². The summed E-state index contributed by atoms with van der Waals surface area (Å²) in [5.41, 5.74) is 2.74. The number of rotatable bonds is 5. The molecule has 1 atom stereocenters. The van der Waals surface area contributed by atoms with Gasteiger partial charge in [0.25, 0.3) is 5.91 Å². The van der Waals surface area contributed by atoms with Crippen molar-refractivity contribution in [3.8, 4) is 5.75 Å². The number of nitrogens with zero attached hydrogens (tertiary/aromatic N) is 3. The van der Waals surface area contributed by atoms with Crippen LogP contribution >= 0.6 is 0 Å². The molecule has 0 bridgehead atoms. The van der Waals surface area contributed by atoms with Crippen molar-refractivity contribution in [2.45, 2.75) is 25.9 Å². The van der Waals surface area contributed by atoms with Crippen molar-refractivity contribution in [1.82, 2.24) is 9.97 Å². The van der Waals surface area contributed by atoms with E-state index in [0.29, 0.717) is 12.2 Å². The molecule has 0 aliphatic carbocycles. The van der Waals surface area contributed by atoms with E-state index in [2.05, 4.69) is 20.6 Å². The minimum Gasteiger partial charge on any atom is -0.480 e. The quantitative estimate of drug-likeness (QED) is 0.672. The Morgan fingerprint density at radius 3 is 2.57 bits per heavy atom. The molecule has 2 N–H and O–H groups in total. The summed E-state index contributed by atoms with van der Waals surface area (Å²) in [5, 5.41) is 6.22. The van der Waals surface area contributed by atoms with E-state index in [-0.39, 0.29) is 5.91 Å². The van der Waals surface area contributed by atoms with Crippen molar-refractivity contribution in [3.63, 3.8) is 0 Å². The highest BCUT2D eigenvalue weighted by atomic mass is 16.5. The Morgan fingerprint density at radius 1 is 1.07 bits per heavy atom. The van der Waals surface area contributed by atoms with E-state index in [0.717, 1.165) is 40.7 Å². The Balaban J connectivity index is 1.39. The highest BCUT2D eigenvalue weighted by Gasteiger charge is 2.25. The summed E-state index contributed by atoms with van der Waals surface area (Å²) in [6.07, 6.45) is 1.03. The normalized spacial score (nSPS) is 15.0. The van der Waals surface area contributed by atoms with Gasteiger partial charge >= 0.3 is 0 Å². The molecule has 0 saturated carbocycles. The Hall–Kier alpha value is -3.61. The summed E-state index contributed by atoms with van der Waals surface area (Å²) in [7, 11) is 3.88. The number of carbonyl (C=O) groups excluding carboxylic acids is 1. The largest absolute Gasteiger partial charge is 0.480 e. The van der Waals surface area contributed by atoms with Gasteiger partial charge in [0.1, 0.15) is 23.2 Å². The molecule has 0 fully saturated rings. The van der Waals surface area contributed by atoms with Crippen LogP contribution in [0.1, 0.15) is 17.8 Å². The molecular weight excluding hydrogens is 378 g/mol. The monoisotopic (exact) mass is 403 g/mol. The molecule has 1 unspecified atom stereocenters. The first-order valence-electron chi connectivity index (χ1n) is 9.93. The number of hydrogen-bond donors (Lipinski definition) is 2. The molecule has 3 aromatic rings. The van der Waals surface area contributed by atoms with Crippen LogP contribution in [0.2, 0.25) is 0 Å². The summed E-state index contributed by atoms with van der Waals surface area (Å²) in [6.45, 7) is 1.86. The first-order valence-corrected chi connectivity index (χ1v) is 9.93. The average molecular weight is 403 g/mol. The number of hydrogen-bond acceptors (Lipinski definition) is 6. The zero-order valence-corrected chi connectivity index (χ0v) is 17.3. The van der Waals surface area contributed by atoms with E-state index < -0.39 is 6.10 Å². The van der Waals surface area contributed by atoms with Crippen molar-refractivity contribution in [2.24, 2.45) is 0 Å². The maximum atomic E-state index is 12.6. The predicted molar refractivity (Wildman–Crippen MR) is 119 cm³/mol. The van der Waals surface area contributed by atoms with Gasteiger partial charge in [-0.15, -0.1) is 0 Å². The lowest BCUT2D eigenvalue weighted by atomic mass is 10.0. The van der Waals surface area contributed by atoms with Crippen molar-refractivity contribution in [3.05, 3.63) is 66.0 Å². The van der Waals surface area contributed by atoms with E-state index in [9.17, 15) is 4.79 Å². The van der Waals surface area contributed by atoms with E-state index in [1.807, 2.05) is 80.5 Å². The zero-order chi connectivity index (χ0) is 21.1. The molecule has 7 nitrogen and oxygen atoms in total. The predicted octanol–water partition coefficient (Wildman–Crippen LogP) is 3.93. The fourth-order valence-corrected chi connectivity index (χ4v) is 3.36. The topological polar surface area (TPSA) is 79.4 Å². The molecule has 1 aliphatic heterocycles. The number of ether oxygens (including phenoxy) is 1. The minimum absolute atomic E-state index is 0.132. The van der Waals surface area contributed by atoms with Crippen molar-refractivity contribution in [2.75, 3.05) is 29.6 Å². The van der Waals surface area contributed by atoms with Gasteiger partial charge in [0.15, 0.2) is 6.10 Å². The number of fused-ring (bicyclic) bond motifs is 1. The molecule has 0 saturated heterocycles. The number of carbonyl (C=O) groups is 1. The first kappa shape index (κ1) is 19.7. The lowest BCUT2D eigenvalue weighted by Crippen LogP contribution is -2.35. The molecule has 7 heteroatoms. The summed E-state index contributed by atoms with van der Waals surface area (Å²) in [6, 6.07) is 17.3. The SMILES string of the molecule is Cc1nc(Nc2ccc(NC(=O)C3CCc4ccccc4O3)cc2)cc(N(C)C)n1. The number of nitrogens with one attached hydrogen (secondary N) is 2. The van der Waals surface area contributed by atoms with E-state index in [4.69, 9.17) is 4.74 Å². The molecule has 4 rings (SSSR count). The van der Waals surface area contributed by atoms with Gasteiger partial charge in [0.2, 0.25) is 0 Å². The van der Waals surface area contributed by atoms with Gasteiger partial charge in [0, 0.05) is 31.5 Å². The smallest absolute Gasteiger partial charge is 0.265 e. The maximum absolute atomic E-state index is 12.6. The fraction of sp³-hybridized carbons (Fsp3) is 0.261. The highest BCUT2D eigenvalue weighted by Crippen LogP contribution is 2.28. The summed E-state index contributed by atoms with van der Waals surface area (Å²) in [5.74, 6) is 2.91. The van der Waals surface area contributed by atoms with Crippen LogP contribution in [0.3, 0.4) is 0 Å². The van der Waals surface area contributed by atoms with Crippen LogP contribution in [0.4, 0.5) is 23.0 Å². The fourth-order valence-electron chi connectivity index (χ4n) is 3.36. The molecule has 2 aromatic carbocycles. The van der Waals surface area contributed by atoms with E-state index in [1.165, 1.54) is 0 Å². The lowest BCUT2D eigenvalue weighted by molar-refractivity contribution is -0.123. The summed E-state index contributed by atoms with van der Waals surface area (Å²) >= 11 is 0. The van der Waals surface area contributed by atoms with Gasteiger partial charge in [-0.2, -0.15) is 0 Å². The molecule has 1 aliphatic rings. The molecular formula is C23H25N5O2. The van der Waals surface area contributed by atoms with Crippen LogP contribution in [-0.2, 0) is 11.2 Å². The van der Waals surface area contributed by atoms with Crippen molar-refractivity contribution >= 4 is 28.9 Å². The third-order valence-corrected chi connectivity index (χ3v) is 4.92. The molecule has 154 valence electrons. The Labute approximate surface area is 176 Å². The van der Waals surface area contributed by atoms with Crippen LogP contribution < -0.4 is 20.3 Å². The van der Waals surface area contributed by atoms with Crippen LogP contribution in [0.25, 0.3) is 0 Å². The summed E-state index contributed by atoms with van der Waals surface area (Å²) in [4.78, 5) is 23.4. The molecule has 1 amide bonds. The Bertz CT molecular complexity index is 1050. The van der Waals surface area contributed by atoms with Crippen LogP contribution in [0, 0.1) is 6.92 Å². The number of para-hydroxylation sites is 1. The zero-order valence-electron chi connectivity index (χ0n) is 17.3. The van der Waals surface area contributed by atoms with Gasteiger partial charge in [-0.25, -0.2) is 9.97 Å². The number of amides is 1. The second-order valence-corrected chi connectivity index (χ2v) is 7.50. The number of benzene rings is 2. The lowest BCUT2D eigenvalue weighted by Gasteiger charge is -2.25. The van der Waals surface area contributed by atoms with E-state index >= 15 is 0 Å².